The van der Waals surface area contributed by atoms with Crippen molar-refractivity contribution < 1.29 is 19.1 Å². The monoisotopic (exact) mass is 971 g/mol. The van der Waals surface area contributed by atoms with Crippen molar-refractivity contribution in [2.45, 2.75) is 218 Å². The Balaban J connectivity index is 1.33. The van der Waals surface area contributed by atoms with Crippen molar-refractivity contribution in [3.05, 3.63) is 130 Å². The quantitative estimate of drug-likeness (QED) is 0.0318. The molecule has 0 saturated heterocycles. The predicted molar refractivity (Wildman–Crippen MR) is 304 cm³/mol. The fourth-order valence-corrected chi connectivity index (χ4v) is 13.0. The zero-order chi connectivity index (χ0) is 50.8. The van der Waals surface area contributed by atoms with Crippen LogP contribution < -0.4 is 0 Å². The molecule has 5 aromatic rings. The van der Waals surface area contributed by atoms with Gasteiger partial charge in [-0.3, -0.25) is 0 Å². The molecule has 0 unspecified atom stereocenters. The molecule has 0 aliphatic heterocycles. The number of hydrogen-bond acceptors (Lipinski definition) is 4. The van der Waals surface area contributed by atoms with Gasteiger partial charge in [0.1, 0.15) is 0 Å². The summed E-state index contributed by atoms with van der Waals surface area (Å²) in [6.07, 6.45) is 34.5. The van der Waals surface area contributed by atoms with Crippen LogP contribution in [0, 0.1) is 0 Å². The van der Waals surface area contributed by atoms with Gasteiger partial charge in [0.2, 0.25) is 0 Å². The Morgan fingerprint density at radius 2 is 0.625 bits per heavy atom. The van der Waals surface area contributed by atoms with Crippen LogP contribution in [-0.4, -0.2) is 26.2 Å². The number of carbonyl (C=O) groups is 2. The molecule has 386 valence electrons. The Kier molecular flexibility index (Phi) is 20.8. The van der Waals surface area contributed by atoms with Gasteiger partial charge in [-0.05, 0) is 117 Å². The molecule has 0 N–H and O–H groups in total. The van der Waals surface area contributed by atoms with E-state index in [4.69, 9.17) is 9.47 Å². The van der Waals surface area contributed by atoms with Crippen LogP contribution in [0.5, 0.6) is 0 Å². The zero-order valence-corrected chi connectivity index (χ0v) is 45.7. The molecule has 0 radical (unpaired) electrons. The van der Waals surface area contributed by atoms with Crippen LogP contribution in [-0.2, 0) is 20.3 Å². The molecule has 4 nitrogen and oxygen atoms in total. The van der Waals surface area contributed by atoms with Gasteiger partial charge in [-0.2, -0.15) is 0 Å². The lowest BCUT2D eigenvalue weighted by atomic mass is 9.70. The van der Waals surface area contributed by atoms with Gasteiger partial charge >= 0.3 is 11.9 Å². The van der Waals surface area contributed by atoms with Gasteiger partial charge in [-0.15, -0.1) is 0 Å². The van der Waals surface area contributed by atoms with Crippen molar-refractivity contribution >= 4 is 11.9 Å². The lowest BCUT2D eigenvalue weighted by Gasteiger charge is -2.33. The van der Waals surface area contributed by atoms with E-state index in [9.17, 15) is 9.59 Å². The van der Waals surface area contributed by atoms with Crippen molar-refractivity contribution in [1.29, 1.82) is 0 Å². The maximum Gasteiger partial charge on any atom is 0.338 e. The Morgan fingerprint density at radius 1 is 0.333 bits per heavy atom. The van der Waals surface area contributed by atoms with Crippen molar-refractivity contribution in [2.75, 3.05) is 14.2 Å². The van der Waals surface area contributed by atoms with Gasteiger partial charge in [-0.25, -0.2) is 9.59 Å². The van der Waals surface area contributed by atoms with Gasteiger partial charge in [0.15, 0.2) is 0 Å². The minimum atomic E-state index is -0.411. The number of fused-ring (bicyclic) bond motifs is 6. The number of ether oxygens (including phenoxy) is 2. The molecule has 72 heavy (non-hydrogen) atoms. The second-order valence-electron chi connectivity index (χ2n) is 21.8. The van der Waals surface area contributed by atoms with Crippen LogP contribution in [0.1, 0.15) is 250 Å². The normalized spacial score (nSPS) is 13.6. The van der Waals surface area contributed by atoms with E-state index in [-0.39, 0.29) is 10.8 Å². The summed E-state index contributed by atoms with van der Waals surface area (Å²) in [7, 11) is 2.94. The molecular formula is C68H90O4. The first-order valence-corrected chi connectivity index (χ1v) is 29.2. The first-order chi connectivity index (χ1) is 35.3. The topological polar surface area (TPSA) is 52.6 Å². The van der Waals surface area contributed by atoms with Crippen LogP contribution in [0.15, 0.2) is 97.1 Å². The summed E-state index contributed by atoms with van der Waals surface area (Å²) < 4.78 is 11.3. The second-order valence-corrected chi connectivity index (χ2v) is 21.8. The lowest BCUT2D eigenvalue weighted by molar-refractivity contribution is 0.0588. The van der Waals surface area contributed by atoms with Crippen molar-refractivity contribution in [3.8, 4) is 44.5 Å². The molecule has 0 amide bonds. The van der Waals surface area contributed by atoms with Gasteiger partial charge in [0.05, 0.1) is 25.3 Å². The Hall–Kier alpha value is -4.96. The summed E-state index contributed by atoms with van der Waals surface area (Å²) in [5.74, 6) is -0.822. The highest BCUT2D eigenvalue weighted by atomic mass is 16.5. The molecule has 5 aromatic carbocycles. The molecule has 0 fully saturated rings. The largest absolute Gasteiger partial charge is 0.465 e. The van der Waals surface area contributed by atoms with E-state index in [2.05, 4.69) is 113 Å². The highest BCUT2D eigenvalue weighted by molar-refractivity contribution is 6.06. The Labute approximate surface area is 436 Å². The van der Waals surface area contributed by atoms with Gasteiger partial charge in [-0.1, -0.05) is 255 Å². The summed E-state index contributed by atoms with van der Waals surface area (Å²) in [6.45, 7) is 9.16. The molecule has 0 heterocycles. The number of hydrogen-bond donors (Lipinski definition) is 0. The van der Waals surface area contributed by atoms with Crippen molar-refractivity contribution in [1.82, 2.24) is 0 Å². The Morgan fingerprint density at radius 3 is 0.944 bits per heavy atom. The zero-order valence-electron chi connectivity index (χ0n) is 45.7. The standard InChI is InChI=1S/C68H90O4/c1-7-11-15-19-23-31-43-67(44-32-24-20-16-12-8-2)61-37-29-27-35-53(61)55-41-39-51(47-63(55)67)57-49-60(66(70)72-6)58(50-59(57)65(69)71-5)52-40-42-56-54-36-28-30-38-62(54)68(64(56)48-52,45-33-25-21-17-13-9-3)46-34-26-22-18-14-10-4/h27-30,35-42,47-50H,7-26,31-34,43-46H2,1-6H3. The average Bonchev–Trinajstić information content (AvgIpc) is 3.85. The van der Waals surface area contributed by atoms with E-state index in [1.165, 1.54) is 213 Å². The molecular weight excluding hydrogens is 881 g/mol. The Bertz CT molecular complexity index is 2320. The van der Waals surface area contributed by atoms with E-state index in [1.807, 2.05) is 12.1 Å². The fourth-order valence-electron chi connectivity index (χ4n) is 13.0. The molecule has 0 bridgehead atoms. The van der Waals surface area contributed by atoms with E-state index in [1.54, 1.807) is 0 Å². The van der Waals surface area contributed by atoms with Crippen molar-refractivity contribution in [3.63, 3.8) is 0 Å². The number of unbranched alkanes of at least 4 members (excludes halogenated alkanes) is 20. The number of benzene rings is 5. The average molecular weight is 971 g/mol. The molecule has 0 atom stereocenters. The molecule has 0 aromatic heterocycles. The molecule has 0 saturated carbocycles. The fraction of sp³-hybridized carbons (Fsp3) is 0.529. The van der Waals surface area contributed by atoms with E-state index < -0.39 is 11.9 Å². The van der Waals surface area contributed by atoms with Crippen LogP contribution >= 0.6 is 0 Å². The smallest absolute Gasteiger partial charge is 0.338 e. The first-order valence-electron chi connectivity index (χ1n) is 29.2. The third kappa shape index (κ3) is 12.3. The van der Waals surface area contributed by atoms with E-state index >= 15 is 0 Å². The minimum Gasteiger partial charge on any atom is -0.465 e. The number of carbonyl (C=O) groups excluding carboxylic acids is 2. The van der Waals surface area contributed by atoms with E-state index in [0.717, 1.165) is 36.8 Å². The molecule has 7 rings (SSSR count). The third-order valence-corrected chi connectivity index (χ3v) is 17.0. The van der Waals surface area contributed by atoms with Crippen LogP contribution in [0.25, 0.3) is 44.5 Å². The van der Waals surface area contributed by atoms with Crippen LogP contribution in [0.4, 0.5) is 0 Å². The summed E-state index contributed by atoms with van der Waals surface area (Å²) >= 11 is 0. The molecule has 2 aliphatic carbocycles. The summed E-state index contributed by atoms with van der Waals surface area (Å²) in [5.41, 5.74) is 14.8. The third-order valence-electron chi connectivity index (χ3n) is 17.0. The van der Waals surface area contributed by atoms with Crippen LogP contribution in [0.3, 0.4) is 0 Å². The lowest BCUT2D eigenvalue weighted by Crippen LogP contribution is -2.25. The van der Waals surface area contributed by atoms with E-state index in [0.29, 0.717) is 22.3 Å². The minimum absolute atomic E-state index is 0.131. The van der Waals surface area contributed by atoms with Gasteiger partial charge < -0.3 is 9.47 Å². The summed E-state index contributed by atoms with van der Waals surface area (Å²) in [6, 6.07) is 35.7. The first kappa shape index (κ1) is 54.8. The number of rotatable bonds is 32. The van der Waals surface area contributed by atoms with Crippen LogP contribution in [0.2, 0.25) is 0 Å². The number of methoxy groups -OCH3 is 2. The van der Waals surface area contributed by atoms with Gasteiger partial charge in [0, 0.05) is 10.8 Å². The number of esters is 2. The SMILES string of the molecule is CCCCCCCCC1(CCCCCCCC)c2ccccc2-c2ccc(-c3cc(C(=O)OC)c(-c4ccc5c(c4)C(CCCCCCCC)(CCCCCCCC)c4ccccc4-5)cc3C(=O)OC)cc21. The highest BCUT2D eigenvalue weighted by Crippen LogP contribution is 2.57. The summed E-state index contributed by atoms with van der Waals surface area (Å²) in [4.78, 5) is 28.6. The molecule has 0 spiro atoms. The molecule has 2 aliphatic rings. The maximum atomic E-state index is 14.3. The van der Waals surface area contributed by atoms with Crippen molar-refractivity contribution in [2.24, 2.45) is 0 Å². The summed E-state index contributed by atoms with van der Waals surface area (Å²) in [5, 5.41) is 0. The maximum absolute atomic E-state index is 14.3. The predicted octanol–water partition coefficient (Wildman–Crippen LogP) is 20.1. The highest BCUT2D eigenvalue weighted by Gasteiger charge is 2.44. The van der Waals surface area contributed by atoms with Gasteiger partial charge in [0.25, 0.3) is 0 Å². The molecule has 4 heteroatoms. The second kappa shape index (κ2) is 27.4.